The summed E-state index contributed by atoms with van der Waals surface area (Å²) in [6.07, 6.45) is 2.89. The highest BCUT2D eigenvalue weighted by Gasteiger charge is 2.45. The number of ether oxygens (including phenoxy) is 1. The topological polar surface area (TPSA) is 105 Å². The molecule has 0 aromatic carbocycles. The number of hydrogen-bond donors (Lipinski definition) is 1. The van der Waals surface area contributed by atoms with Gasteiger partial charge < -0.3 is 15.0 Å². The number of piperidine rings is 1. The maximum Gasteiger partial charge on any atom is 0.407 e. The van der Waals surface area contributed by atoms with Crippen molar-refractivity contribution in [2.45, 2.75) is 44.6 Å². The van der Waals surface area contributed by atoms with Crippen molar-refractivity contribution in [1.82, 2.24) is 20.4 Å². The Morgan fingerprint density at radius 1 is 1.33 bits per heavy atom. The van der Waals surface area contributed by atoms with Gasteiger partial charge >= 0.3 is 6.09 Å². The summed E-state index contributed by atoms with van der Waals surface area (Å²) in [7, 11) is 0. The zero-order valence-corrected chi connectivity index (χ0v) is 16.1. The maximum atomic E-state index is 12.9. The summed E-state index contributed by atoms with van der Waals surface area (Å²) in [4.78, 5) is 40.0. The molecule has 9 nitrogen and oxygen atoms in total. The van der Waals surface area contributed by atoms with E-state index in [0.717, 1.165) is 17.8 Å². The molecular formula is C17H23N5O4S. The Morgan fingerprint density at radius 2 is 2.11 bits per heavy atom. The SMILES string of the molecule is CCCc1nnc(N2CC(C(=O)N3CCC4(CC3)CNC(=O)O4)CC2=O)s1. The first kappa shape index (κ1) is 18.1. The second-order valence-electron chi connectivity index (χ2n) is 7.39. The molecule has 10 heteroatoms. The molecule has 1 atom stereocenters. The van der Waals surface area contributed by atoms with Crippen molar-refractivity contribution in [2.24, 2.45) is 5.92 Å². The Labute approximate surface area is 161 Å². The average molecular weight is 393 g/mol. The summed E-state index contributed by atoms with van der Waals surface area (Å²) in [5.41, 5.74) is -0.479. The molecule has 3 amide bonds. The first-order chi connectivity index (χ1) is 13.0. The molecule has 3 aliphatic heterocycles. The molecule has 3 fully saturated rings. The van der Waals surface area contributed by atoms with Gasteiger partial charge in [-0.1, -0.05) is 18.3 Å². The van der Waals surface area contributed by atoms with Crippen molar-refractivity contribution in [3.05, 3.63) is 5.01 Å². The molecule has 3 aliphatic rings. The van der Waals surface area contributed by atoms with E-state index in [-0.39, 0.29) is 30.2 Å². The van der Waals surface area contributed by atoms with Crippen LogP contribution in [0.4, 0.5) is 9.93 Å². The molecule has 4 rings (SSSR count). The van der Waals surface area contributed by atoms with Gasteiger partial charge in [0.1, 0.15) is 10.6 Å². The van der Waals surface area contributed by atoms with E-state index in [1.54, 1.807) is 9.80 Å². The van der Waals surface area contributed by atoms with Gasteiger partial charge in [-0.2, -0.15) is 0 Å². The maximum absolute atomic E-state index is 12.9. The van der Waals surface area contributed by atoms with Crippen LogP contribution in [-0.4, -0.2) is 64.8 Å². The van der Waals surface area contributed by atoms with Gasteiger partial charge in [0.2, 0.25) is 16.9 Å². The third-order valence-electron chi connectivity index (χ3n) is 5.48. The zero-order valence-electron chi connectivity index (χ0n) is 15.3. The van der Waals surface area contributed by atoms with Crippen molar-refractivity contribution >= 4 is 34.4 Å². The van der Waals surface area contributed by atoms with Crippen LogP contribution >= 0.6 is 11.3 Å². The lowest BCUT2D eigenvalue weighted by atomic mass is 9.91. The van der Waals surface area contributed by atoms with Crippen LogP contribution < -0.4 is 10.2 Å². The molecule has 0 saturated carbocycles. The second-order valence-corrected chi connectivity index (χ2v) is 8.43. The number of aryl methyl sites for hydroxylation is 1. The minimum absolute atomic E-state index is 0.00344. The van der Waals surface area contributed by atoms with Gasteiger partial charge in [-0.05, 0) is 6.42 Å². The number of nitrogens with one attached hydrogen (secondary N) is 1. The van der Waals surface area contributed by atoms with Gasteiger partial charge in [0.15, 0.2) is 0 Å². The fourth-order valence-corrected chi connectivity index (χ4v) is 4.87. The van der Waals surface area contributed by atoms with Crippen LogP contribution in [0.5, 0.6) is 0 Å². The minimum Gasteiger partial charge on any atom is -0.441 e. The van der Waals surface area contributed by atoms with Gasteiger partial charge in [-0.3, -0.25) is 14.5 Å². The lowest BCUT2D eigenvalue weighted by molar-refractivity contribution is -0.139. The van der Waals surface area contributed by atoms with Gasteiger partial charge in [0.25, 0.3) is 0 Å². The molecule has 1 aromatic rings. The molecule has 4 heterocycles. The van der Waals surface area contributed by atoms with Crippen LogP contribution in [0.25, 0.3) is 0 Å². The lowest BCUT2D eigenvalue weighted by Gasteiger charge is -2.38. The summed E-state index contributed by atoms with van der Waals surface area (Å²) in [5, 5.41) is 12.4. The van der Waals surface area contributed by atoms with Crippen LogP contribution in [-0.2, 0) is 20.7 Å². The number of rotatable bonds is 4. The van der Waals surface area contributed by atoms with Crippen molar-refractivity contribution in [2.75, 3.05) is 31.1 Å². The van der Waals surface area contributed by atoms with Crippen LogP contribution in [0.3, 0.4) is 0 Å². The monoisotopic (exact) mass is 393 g/mol. The molecule has 1 N–H and O–H groups in total. The van der Waals surface area contributed by atoms with Gasteiger partial charge in [-0.25, -0.2) is 4.79 Å². The van der Waals surface area contributed by atoms with Crippen molar-refractivity contribution in [1.29, 1.82) is 0 Å². The van der Waals surface area contributed by atoms with E-state index in [1.165, 1.54) is 11.3 Å². The Hall–Kier alpha value is -2.23. The lowest BCUT2D eigenvalue weighted by Crippen LogP contribution is -2.50. The van der Waals surface area contributed by atoms with Gasteiger partial charge in [0.05, 0.1) is 12.5 Å². The van der Waals surface area contributed by atoms with E-state index in [9.17, 15) is 14.4 Å². The number of hydrogen-bond acceptors (Lipinski definition) is 7. The fraction of sp³-hybridized carbons (Fsp3) is 0.706. The second kappa shape index (κ2) is 7.06. The number of carbonyl (C=O) groups is 3. The predicted octanol–water partition coefficient (Wildman–Crippen LogP) is 0.944. The summed E-state index contributed by atoms with van der Waals surface area (Å²) in [6.45, 7) is 4.01. The third kappa shape index (κ3) is 3.50. The fourth-order valence-electron chi connectivity index (χ4n) is 3.90. The van der Waals surface area contributed by atoms with Gasteiger partial charge in [0, 0.05) is 45.3 Å². The van der Waals surface area contributed by atoms with E-state index < -0.39 is 5.60 Å². The number of nitrogens with zero attached hydrogens (tertiary/aromatic N) is 4. The quantitative estimate of drug-likeness (QED) is 0.816. The Morgan fingerprint density at radius 3 is 2.78 bits per heavy atom. The number of amides is 3. The first-order valence-corrected chi connectivity index (χ1v) is 10.2. The Bertz CT molecular complexity index is 758. The number of aromatic nitrogens is 2. The normalized spacial score (nSPS) is 24.4. The molecule has 27 heavy (non-hydrogen) atoms. The molecule has 0 bridgehead atoms. The largest absolute Gasteiger partial charge is 0.441 e. The van der Waals surface area contributed by atoms with E-state index in [0.29, 0.717) is 44.2 Å². The van der Waals surface area contributed by atoms with E-state index in [2.05, 4.69) is 22.4 Å². The van der Waals surface area contributed by atoms with Crippen LogP contribution in [0, 0.1) is 5.92 Å². The zero-order chi connectivity index (χ0) is 19.0. The van der Waals surface area contributed by atoms with Crippen LogP contribution in [0.2, 0.25) is 0 Å². The number of anilines is 1. The Kier molecular flexibility index (Phi) is 4.75. The van der Waals surface area contributed by atoms with Crippen LogP contribution in [0.1, 0.15) is 37.6 Å². The predicted molar refractivity (Wildman–Crippen MR) is 97.4 cm³/mol. The average Bonchev–Trinajstić information content (AvgIpc) is 3.35. The molecule has 3 saturated heterocycles. The molecule has 0 radical (unpaired) electrons. The number of carbonyl (C=O) groups excluding carboxylic acids is 3. The summed E-state index contributed by atoms with van der Waals surface area (Å²) in [5.74, 6) is -0.430. The molecule has 1 aromatic heterocycles. The third-order valence-corrected chi connectivity index (χ3v) is 6.48. The van der Waals surface area contributed by atoms with Gasteiger partial charge in [-0.15, -0.1) is 10.2 Å². The van der Waals surface area contributed by atoms with Crippen molar-refractivity contribution in [3.63, 3.8) is 0 Å². The molecular weight excluding hydrogens is 370 g/mol. The van der Waals surface area contributed by atoms with E-state index >= 15 is 0 Å². The summed E-state index contributed by atoms with van der Waals surface area (Å²) in [6, 6.07) is 0. The number of likely N-dealkylation sites (tertiary alicyclic amines) is 1. The van der Waals surface area contributed by atoms with E-state index in [1.807, 2.05) is 0 Å². The molecule has 1 unspecified atom stereocenters. The van der Waals surface area contributed by atoms with E-state index in [4.69, 9.17) is 4.74 Å². The summed E-state index contributed by atoms with van der Waals surface area (Å²) >= 11 is 1.42. The standard InChI is InChI=1S/C17H23N5O4S/c1-2-3-12-19-20-15(27-12)22-9-11(8-13(22)23)14(24)21-6-4-17(5-7-21)10-18-16(25)26-17/h11H,2-10H2,1H3,(H,18,25). The summed E-state index contributed by atoms with van der Waals surface area (Å²) < 4.78 is 5.39. The molecule has 1 spiro atoms. The van der Waals surface area contributed by atoms with Crippen molar-refractivity contribution < 1.29 is 19.1 Å². The highest BCUT2D eigenvalue weighted by Crippen LogP contribution is 2.32. The Balaban J connectivity index is 1.36. The minimum atomic E-state index is -0.479. The highest BCUT2D eigenvalue weighted by molar-refractivity contribution is 7.15. The molecule has 0 aliphatic carbocycles. The van der Waals surface area contributed by atoms with Crippen molar-refractivity contribution in [3.8, 4) is 0 Å². The van der Waals surface area contributed by atoms with Crippen LogP contribution in [0.15, 0.2) is 0 Å². The smallest absolute Gasteiger partial charge is 0.407 e. The molecule has 146 valence electrons. The first-order valence-electron chi connectivity index (χ1n) is 9.38. The number of alkyl carbamates (subject to hydrolysis) is 1. The highest BCUT2D eigenvalue weighted by atomic mass is 32.1.